The van der Waals surface area contributed by atoms with E-state index in [2.05, 4.69) is 25.8 Å². The van der Waals surface area contributed by atoms with Crippen LogP contribution in [0, 0.1) is 19.3 Å². The Morgan fingerprint density at radius 3 is 2.69 bits per heavy atom. The Balaban J connectivity index is 1.45. The molecule has 1 fully saturated rings. The number of aromatic nitrogens is 3. The molecule has 0 radical (unpaired) electrons. The lowest BCUT2D eigenvalue weighted by molar-refractivity contribution is 0.0989. The first-order chi connectivity index (χ1) is 18.8. The standard InChI is InChI=1S/C30H31N5O4/c1-4-13-35-14-11-20(12-15-35)25-17-22(39-18-21-16-19(2)31-26-8-6-5-7-23(21)26)9-10-24(25)29(37)34(3)27-28(36)33-30(38)32-27/h1,5-10,16-17,20,36H,11-15,18H2,2-3H3,(H2,32,33,38). The molecule has 39 heavy (non-hydrogen) atoms. The van der Waals surface area contributed by atoms with Crippen molar-refractivity contribution in [1.82, 2.24) is 19.9 Å². The number of hydrogen-bond acceptors (Lipinski definition) is 6. The molecule has 2 aromatic carbocycles. The Bertz CT molecular complexity index is 1610. The first-order valence-corrected chi connectivity index (χ1v) is 12.9. The highest BCUT2D eigenvalue weighted by molar-refractivity contribution is 6.07. The molecule has 3 heterocycles. The highest BCUT2D eigenvalue weighted by Crippen LogP contribution is 2.35. The van der Waals surface area contributed by atoms with Crippen molar-refractivity contribution in [2.24, 2.45) is 0 Å². The fourth-order valence-electron chi connectivity index (χ4n) is 5.26. The fourth-order valence-corrected chi connectivity index (χ4v) is 5.26. The van der Waals surface area contributed by atoms with Gasteiger partial charge in [0.25, 0.3) is 5.91 Å². The van der Waals surface area contributed by atoms with Gasteiger partial charge >= 0.3 is 5.69 Å². The topological polar surface area (TPSA) is 115 Å². The number of benzene rings is 2. The molecule has 1 amide bonds. The van der Waals surface area contributed by atoms with Crippen molar-refractivity contribution < 1.29 is 14.6 Å². The van der Waals surface area contributed by atoms with E-state index in [0.29, 0.717) is 24.5 Å². The minimum absolute atomic E-state index is 0.0139. The maximum atomic E-state index is 13.6. The third-order valence-electron chi connectivity index (χ3n) is 7.25. The molecule has 2 aromatic heterocycles. The molecule has 0 bridgehead atoms. The number of anilines is 1. The van der Waals surface area contributed by atoms with Crippen LogP contribution in [0.4, 0.5) is 5.82 Å². The van der Waals surface area contributed by atoms with Crippen molar-refractivity contribution in [3.63, 3.8) is 0 Å². The number of rotatable bonds is 7. The number of nitrogens with one attached hydrogen (secondary N) is 2. The number of imidazole rings is 1. The molecule has 0 spiro atoms. The molecule has 1 saturated heterocycles. The molecule has 1 aliphatic rings. The number of fused-ring (bicyclic) bond motifs is 1. The third kappa shape index (κ3) is 5.52. The van der Waals surface area contributed by atoms with Gasteiger partial charge in [-0.25, -0.2) is 4.79 Å². The molecule has 9 nitrogen and oxygen atoms in total. The number of amides is 1. The summed E-state index contributed by atoms with van der Waals surface area (Å²) in [5, 5.41) is 11.1. The quantitative estimate of drug-likeness (QED) is 0.315. The zero-order chi connectivity index (χ0) is 27.5. The molecule has 0 saturated carbocycles. The summed E-state index contributed by atoms with van der Waals surface area (Å²) >= 11 is 0. The Hall–Kier alpha value is -4.55. The molecule has 5 rings (SSSR count). The lowest BCUT2D eigenvalue weighted by Gasteiger charge is -2.32. The number of carbonyl (C=O) groups excluding carboxylic acids is 1. The largest absolute Gasteiger partial charge is 0.492 e. The summed E-state index contributed by atoms with van der Waals surface area (Å²) in [5.74, 6) is 2.77. The van der Waals surface area contributed by atoms with E-state index in [1.807, 2.05) is 43.3 Å². The van der Waals surface area contributed by atoms with Gasteiger partial charge in [0.1, 0.15) is 12.4 Å². The van der Waals surface area contributed by atoms with Gasteiger partial charge < -0.3 is 9.84 Å². The predicted octanol–water partition coefficient (Wildman–Crippen LogP) is 3.93. The van der Waals surface area contributed by atoms with Gasteiger partial charge in [0.05, 0.1) is 12.1 Å². The Morgan fingerprint density at radius 2 is 1.97 bits per heavy atom. The second-order valence-corrected chi connectivity index (χ2v) is 9.87. The van der Waals surface area contributed by atoms with E-state index in [1.54, 1.807) is 12.1 Å². The SMILES string of the molecule is C#CCN1CCC(c2cc(OCc3cc(C)nc4ccccc34)ccc2C(=O)N(C)c2[nH]c(=O)[nH]c2O)CC1. The van der Waals surface area contributed by atoms with Crippen LogP contribution in [0.15, 0.2) is 53.3 Å². The molecule has 0 atom stereocenters. The lowest BCUT2D eigenvalue weighted by Crippen LogP contribution is -2.34. The number of carbonyl (C=O) groups is 1. The first-order valence-electron chi connectivity index (χ1n) is 12.9. The van der Waals surface area contributed by atoms with E-state index in [1.165, 1.54) is 11.9 Å². The molecule has 3 N–H and O–H groups in total. The highest BCUT2D eigenvalue weighted by Gasteiger charge is 2.28. The summed E-state index contributed by atoms with van der Waals surface area (Å²) in [7, 11) is 1.52. The number of hydrogen-bond donors (Lipinski definition) is 3. The van der Waals surface area contributed by atoms with Crippen LogP contribution in [-0.4, -0.2) is 57.5 Å². The molecule has 4 aromatic rings. The van der Waals surface area contributed by atoms with Gasteiger partial charge in [0.15, 0.2) is 5.82 Å². The van der Waals surface area contributed by atoms with E-state index in [0.717, 1.165) is 53.7 Å². The van der Waals surface area contributed by atoms with Gasteiger partial charge in [-0.1, -0.05) is 24.1 Å². The second-order valence-electron chi connectivity index (χ2n) is 9.87. The summed E-state index contributed by atoms with van der Waals surface area (Å²) in [5.41, 5.74) is 3.65. The molecule has 0 aliphatic carbocycles. The van der Waals surface area contributed by atoms with Crippen molar-refractivity contribution in [3.05, 3.63) is 81.4 Å². The first kappa shape index (κ1) is 26.1. The number of nitrogens with zero attached hydrogens (tertiary/aromatic N) is 3. The number of aromatic hydroxyl groups is 1. The molecule has 9 heteroatoms. The maximum absolute atomic E-state index is 13.6. The Morgan fingerprint density at radius 1 is 1.21 bits per heavy atom. The van der Waals surface area contributed by atoms with Crippen LogP contribution >= 0.6 is 0 Å². The van der Waals surface area contributed by atoms with E-state index < -0.39 is 5.69 Å². The number of aryl methyl sites for hydroxylation is 1. The number of piperidine rings is 1. The summed E-state index contributed by atoms with van der Waals surface area (Å²) in [6.45, 7) is 4.59. The Kier molecular flexibility index (Phi) is 7.39. The summed E-state index contributed by atoms with van der Waals surface area (Å²) in [6.07, 6.45) is 7.19. The van der Waals surface area contributed by atoms with Crippen LogP contribution in [0.25, 0.3) is 10.9 Å². The van der Waals surface area contributed by atoms with Crippen LogP contribution in [0.3, 0.4) is 0 Å². The second kappa shape index (κ2) is 11.1. The minimum atomic E-state index is -0.592. The van der Waals surface area contributed by atoms with E-state index in [9.17, 15) is 14.7 Å². The van der Waals surface area contributed by atoms with Gasteiger partial charge in [-0.15, -0.1) is 6.42 Å². The predicted molar refractivity (Wildman–Crippen MR) is 150 cm³/mol. The van der Waals surface area contributed by atoms with Crippen LogP contribution < -0.4 is 15.3 Å². The highest BCUT2D eigenvalue weighted by atomic mass is 16.5. The van der Waals surface area contributed by atoms with Crippen molar-refractivity contribution in [3.8, 4) is 24.0 Å². The number of H-pyrrole nitrogens is 2. The molecule has 1 aliphatic heterocycles. The van der Waals surface area contributed by atoms with Crippen LogP contribution in [0.5, 0.6) is 11.6 Å². The molecular weight excluding hydrogens is 494 g/mol. The number of pyridine rings is 1. The molecular formula is C30H31N5O4. The van der Waals surface area contributed by atoms with Gasteiger partial charge in [-0.05, 0) is 74.7 Å². The third-order valence-corrected chi connectivity index (χ3v) is 7.25. The lowest BCUT2D eigenvalue weighted by atomic mass is 9.86. The van der Waals surface area contributed by atoms with Gasteiger partial charge in [-0.3, -0.25) is 29.5 Å². The van der Waals surface area contributed by atoms with Crippen molar-refractivity contribution in [2.45, 2.75) is 32.3 Å². The average molecular weight is 526 g/mol. The van der Waals surface area contributed by atoms with Crippen LogP contribution in [0.1, 0.15) is 45.9 Å². The fraction of sp³-hybridized carbons (Fsp3) is 0.300. The number of ether oxygens (including phenoxy) is 1. The van der Waals surface area contributed by atoms with Crippen molar-refractivity contribution >= 4 is 22.6 Å². The summed E-state index contributed by atoms with van der Waals surface area (Å²) < 4.78 is 6.27. The number of para-hydroxylation sites is 1. The number of likely N-dealkylation sites (tertiary alicyclic amines) is 1. The number of terminal acetylenes is 1. The van der Waals surface area contributed by atoms with Crippen molar-refractivity contribution in [1.29, 1.82) is 0 Å². The number of aromatic amines is 2. The smallest absolute Gasteiger partial charge is 0.327 e. The molecule has 0 unspecified atom stereocenters. The van der Waals surface area contributed by atoms with Gasteiger partial charge in [0.2, 0.25) is 5.88 Å². The Labute approximate surface area is 226 Å². The van der Waals surface area contributed by atoms with Gasteiger partial charge in [-0.2, -0.15) is 0 Å². The zero-order valence-corrected chi connectivity index (χ0v) is 22.0. The zero-order valence-electron chi connectivity index (χ0n) is 22.0. The molecule has 200 valence electrons. The summed E-state index contributed by atoms with van der Waals surface area (Å²) in [6, 6.07) is 15.5. The summed E-state index contributed by atoms with van der Waals surface area (Å²) in [4.78, 5) is 38.1. The van der Waals surface area contributed by atoms with E-state index in [-0.39, 0.29) is 23.5 Å². The monoisotopic (exact) mass is 525 g/mol. The van der Waals surface area contributed by atoms with Crippen LogP contribution in [0.2, 0.25) is 0 Å². The van der Waals surface area contributed by atoms with E-state index in [4.69, 9.17) is 11.2 Å². The van der Waals surface area contributed by atoms with Crippen molar-refractivity contribution in [2.75, 3.05) is 31.6 Å². The van der Waals surface area contributed by atoms with E-state index >= 15 is 0 Å². The van der Waals surface area contributed by atoms with Crippen LogP contribution in [-0.2, 0) is 6.61 Å². The minimum Gasteiger partial charge on any atom is -0.492 e. The average Bonchev–Trinajstić information content (AvgIpc) is 3.28. The normalized spacial score (nSPS) is 14.3. The van der Waals surface area contributed by atoms with Gasteiger partial charge in [0, 0.05) is 29.3 Å². The maximum Gasteiger partial charge on any atom is 0.327 e.